The van der Waals surface area contributed by atoms with Crippen molar-refractivity contribution >= 4 is 23.5 Å². The predicted molar refractivity (Wildman–Crippen MR) is 108 cm³/mol. The molecular weight excluding hydrogens is 340 g/mol. The average molecular weight is 368 g/mol. The summed E-state index contributed by atoms with van der Waals surface area (Å²) in [6.07, 6.45) is 1.26. The van der Waals surface area contributed by atoms with Gasteiger partial charge in [0.25, 0.3) is 0 Å². The number of anilines is 4. The highest BCUT2D eigenvalue weighted by Crippen LogP contribution is 2.26. The Kier molecular flexibility index (Phi) is 5.38. The summed E-state index contributed by atoms with van der Waals surface area (Å²) in [7, 11) is 0. The highest BCUT2D eigenvalue weighted by atomic mass is 16.5. The van der Waals surface area contributed by atoms with Gasteiger partial charge in [0.15, 0.2) is 0 Å². The number of aromatic nitrogens is 3. The fraction of sp³-hybridized carbons (Fsp3) is 0.550. The molecule has 0 spiro atoms. The zero-order chi connectivity index (χ0) is 18.6. The van der Waals surface area contributed by atoms with E-state index in [1.165, 1.54) is 6.42 Å². The summed E-state index contributed by atoms with van der Waals surface area (Å²) < 4.78 is 5.48. The minimum Gasteiger partial charge on any atom is -0.378 e. The van der Waals surface area contributed by atoms with Gasteiger partial charge in [-0.15, -0.1) is 0 Å². The van der Waals surface area contributed by atoms with Crippen LogP contribution in [0.4, 0.5) is 23.5 Å². The van der Waals surface area contributed by atoms with Crippen molar-refractivity contribution in [3.8, 4) is 0 Å². The number of nitrogens with zero attached hydrogens (tertiary/aromatic N) is 5. The molecule has 2 aliphatic rings. The van der Waals surface area contributed by atoms with Crippen molar-refractivity contribution in [2.45, 2.75) is 20.3 Å². The third-order valence-electron chi connectivity index (χ3n) is 5.09. The molecule has 7 heteroatoms. The SMILES string of the molecule is C[C@@H]1C[C@@H](C)CN(c2nc(Nc3ccccc3)nc(N3CCOCC3)n2)C1. The number of hydrogen-bond donors (Lipinski definition) is 1. The van der Waals surface area contributed by atoms with Gasteiger partial charge in [-0.05, 0) is 30.4 Å². The van der Waals surface area contributed by atoms with E-state index in [2.05, 4.69) is 29.0 Å². The lowest BCUT2D eigenvalue weighted by atomic mass is 9.92. The second-order valence-electron chi connectivity index (χ2n) is 7.70. The van der Waals surface area contributed by atoms with Crippen molar-refractivity contribution in [1.82, 2.24) is 15.0 Å². The largest absolute Gasteiger partial charge is 0.378 e. The summed E-state index contributed by atoms with van der Waals surface area (Å²) in [6.45, 7) is 9.61. The number of rotatable bonds is 4. The standard InChI is InChI=1S/C20H28N6O/c1-15-12-16(2)14-26(13-15)20-23-18(21-17-6-4-3-5-7-17)22-19(24-20)25-8-10-27-11-9-25/h3-7,15-16H,8-14H2,1-2H3,(H,21,22,23,24)/t15-,16-/m1/s1. The van der Waals surface area contributed by atoms with Crippen LogP contribution in [0.25, 0.3) is 0 Å². The van der Waals surface area contributed by atoms with Crippen molar-refractivity contribution in [2.75, 3.05) is 54.5 Å². The topological polar surface area (TPSA) is 66.4 Å². The zero-order valence-corrected chi connectivity index (χ0v) is 16.1. The van der Waals surface area contributed by atoms with Gasteiger partial charge in [-0.1, -0.05) is 32.0 Å². The van der Waals surface area contributed by atoms with Gasteiger partial charge in [0.2, 0.25) is 17.8 Å². The zero-order valence-electron chi connectivity index (χ0n) is 16.1. The number of hydrogen-bond acceptors (Lipinski definition) is 7. The molecule has 2 aliphatic heterocycles. The minimum atomic E-state index is 0.596. The van der Waals surface area contributed by atoms with E-state index in [9.17, 15) is 0 Å². The van der Waals surface area contributed by atoms with Crippen LogP contribution >= 0.6 is 0 Å². The van der Waals surface area contributed by atoms with E-state index in [-0.39, 0.29) is 0 Å². The number of benzene rings is 1. The first-order valence-corrected chi connectivity index (χ1v) is 9.83. The summed E-state index contributed by atoms with van der Waals surface area (Å²) in [4.78, 5) is 18.8. The molecule has 0 bridgehead atoms. The van der Waals surface area contributed by atoms with Crippen LogP contribution in [0.1, 0.15) is 20.3 Å². The van der Waals surface area contributed by atoms with Gasteiger partial charge in [0, 0.05) is 31.9 Å². The molecule has 0 saturated carbocycles. The molecule has 0 radical (unpaired) electrons. The first-order chi connectivity index (χ1) is 13.2. The van der Waals surface area contributed by atoms with Crippen molar-refractivity contribution in [1.29, 1.82) is 0 Å². The van der Waals surface area contributed by atoms with Crippen molar-refractivity contribution in [3.63, 3.8) is 0 Å². The maximum atomic E-state index is 5.48. The van der Waals surface area contributed by atoms with E-state index in [4.69, 9.17) is 19.7 Å². The molecule has 2 atom stereocenters. The lowest BCUT2D eigenvalue weighted by molar-refractivity contribution is 0.122. The van der Waals surface area contributed by atoms with Gasteiger partial charge < -0.3 is 19.9 Å². The van der Waals surface area contributed by atoms with E-state index in [1.807, 2.05) is 30.3 Å². The Balaban J connectivity index is 1.65. The third kappa shape index (κ3) is 4.47. The molecule has 144 valence electrons. The van der Waals surface area contributed by atoms with Crippen LogP contribution in [0.5, 0.6) is 0 Å². The summed E-state index contributed by atoms with van der Waals surface area (Å²) >= 11 is 0. The lowest BCUT2D eigenvalue weighted by Crippen LogP contribution is -2.41. The van der Waals surface area contributed by atoms with Crippen LogP contribution in [-0.4, -0.2) is 54.3 Å². The van der Waals surface area contributed by atoms with E-state index in [1.54, 1.807) is 0 Å². The van der Waals surface area contributed by atoms with Gasteiger partial charge in [-0.3, -0.25) is 0 Å². The maximum Gasteiger partial charge on any atom is 0.233 e. The molecule has 0 unspecified atom stereocenters. The van der Waals surface area contributed by atoms with Crippen LogP contribution in [0.2, 0.25) is 0 Å². The highest BCUT2D eigenvalue weighted by Gasteiger charge is 2.25. The van der Waals surface area contributed by atoms with Gasteiger partial charge in [0.05, 0.1) is 13.2 Å². The molecule has 2 aromatic rings. The van der Waals surface area contributed by atoms with Crippen molar-refractivity contribution in [3.05, 3.63) is 30.3 Å². The maximum absolute atomic E-state index is 5.48. The molecule has 0 aliphatic carbocycles. The second-order valence-corrected chi connectivity index (χ2v) is 7.70. The number of piperidine rings is 1. The molecule has 27 heavy (non-hydrogen) atoms. The van der Waals surface area contributed by atoms with E-state index < -0.39 is 0 Å². The number of para-hydroxylation sites is 1. The molecule has 1 aromatic heterocycles. The summed E-state index contributed by atoms with van der Waals surface area (Å²) in [5.41, 5.74) is 0.975. The first-order valence-electron chi connectivity index (χ1n) is 9.83. The summed E-state index contributed by atoms with van der Waals surface area (Å²) in [5, 5.41) is 3.34. The molecule has 0 amide bonds. The molecule has 1 N–H and O–H groups in total. The van der Waals surface area contributed by atoms with Gasteiger partial charge >= 0.3 is 0 Å². The van der Waals surface area contributed by atoms with Gasteiger partial charge in [-0.25, -0.2) is 0 Å². The van der Waals surface area contributed by atoms with Gasteiger partial charge in [0.1, 0.15) is 0 Å². The van der Waals surface area contributed by atoms with Crippen LogP contribution in [0.3, 0.4) is 0 Å². The first kappa shape index (κ1) is 18.0. The smallest absolute Gasteiger partial charge is 0.233 e. The quantitative estimate of drug-likeness (QED) is 0.890. The number of morpholine rings is 1. The summed E-state index contributed by atoms with van der Waals surface area (Å²) in [6, 6.07) is 10.0. The van der Waals surface area contributed by atoms with E-state index in [0.29, 0.717) is 31.0 Å². The molecule has 3 heterocycles. The lowest BCUT2D eigenvalue weighted by Gasteiger charge is -2.35. The van der Waals surface area contributed by atoms with Crippen molar-refractivity contribution < 1.29 is 4.74 Å². The van der Waals surface area contributed by atoms with Crippen LogP contribution in [0, 0.1) is 11.8 Å². The Morgan fingerprint density at radius 1 is 0.889 bits per heavy atom. The number of nitrogens with one attached hydrogen (secondary N) is 1. The minimum absolute atomic E-state index is 0.596. The Bertz CT molecular complexity index is 739. The normalized spacial score (nSPS) is 23.3. The van der Waals surface area contributed by atoms with Crippen molar-refractivity contribution in [2.24, 2.45) is 11.8 Å². The van der Waals surface area contributed by atoms with Gasteiger partial charge in [-0.2, -0.15) is 15.0 Å². The molecule has 7 nitrogen and oxygen atoms in total. The molecule has 2 saturated heterocycles. The van der Waals surface area contributed by atoms with Crippen LogP contribution in [0.15, 0.2) is 30.3 Å². The third-order valence-corrected chi connectivity index (χ3v) is 5.09. The number of ether oxygens (including phenoxy) is 1. The Morgan fingerprint density at radius 3 is 2.19 bits per heavy atom. The molecule has 1 aromatic carbocycles. The second kappa shape index (κ2) is 8.08. The van der Waals surface area contributed by atoms with E-state index >= 15 is 0 Å². The summed E-state index contributed by atoms with van der Waals surface area (Å²) in [5.74, 6) is 3.38. The molecule has 4 rings (SSSR count). The fourth-order valence-electron chi connectivity index (χ4n) is 3.93. The monoisotopic (exact) mass is 368 g/mol. The average Bonchev–Trinajstić information content (AvgIpc) is 2.68. The highest BCUT2D eigenvalue weighted by molar-refractivity contribution is 5.56. The fourth-order valence-corrected chi connectivity index (χ4v) is 3.93. The Labute approximate surface area is 160 Å². The Morgan fingerprint density at radius 2 is 1.52 bits per heavy atom. The Hall–Kier alpha value is -2.41. The molecular formula is C20H28N6O. The molecule has 2 fully saturated rings. The van der Waals surface area contributed by atoms with Crippen LogP contribution in [-0.2, 0) is 4.74 Å². The predicted octanol–water partition coefficient (Wildman–Crippen LogP) is 2.93. The van der Waals surface area contributed by atoms with E-state index in [0.717, 1.165) is 43.8 Å². The van der Waals surface area contributed by atoms with Crippen LogP contribution < -0.4 is 15.1 Å².